The third kappa shape index (κ3) is 2.77. The number of carbonyl (C=O) groups excluding carboxylic acids is 2. The van der Waals surface area contributed by atoms with Gasteiger partial charge in [0.05, 0.1) is 0 Å². The fraction of sp³-hybridized carbons (Fsp3) is 0.500. The van der Waals surface area contributed by atoms with Gasteiger partial charge >= 0.3 is 0 Å². The zero-order chi connectivity index (χ0) is 15.6. The van der Waals surface area contributed by atoms with Gasteiger partial charge in [0.15, 0.2) is 6.61 Å². The lowest BCUT2D eigenvalue weighted by Crippen LogP contribution is -2.60. The molecule has 22 heavy (non-hydrogen) atoms. The molecule has 2 heterocycles. The van der Waals surface area contributed by atoms with E-state index in [2.05, 4.69) is 5.32 Å². The van der Waals surface area contributed by atoms with E-state index in [1.165, 1.54) is 0 Å². The molecule has 1 unspecified atom stereocenters. The summed E-state index contributed by atoms with van der Waals surface area (Å²) in [6.07, 6.45) is 3.25. The number of hydrogen-bond donors (Lipinski definition) is 1. The summed E-state index contributed by atoms with van der Waals surface area (Å²) in [6.45, 7) is 1.26. The third-order valence-electron chi connectivity index (χ3n) is 4.44. The fourth-order valence-electron chi connectivity index (χ4n) is 3.35. The smallest absolute Gasteiger partial charge is 0.261 e. The van der Waals surface area contributed by atoms with Crippen molar-refractivity contribution in [1.82, 2.24) is 10.2 Å². The van der Waals surface area contributed by atoms with Gasteiger partial charge in [-0.25, -0.2) is 0 Å². The monoisotopic (exact) mass is 322 g/mol. The standard InChI is InChI=1S/C16H19ClN2O3/c17-12-3-5-13(6-4-12)22-11-14(20)19-10-2-8-16(19)7-1-9-18-15(16)21/h3-6H,1-2,7-11H2,(H,18,21). The van der Waals surface area contributed by atoms with Gasteiger partial charge in [-0.15, -0.1) is 0 Å². The summed E-state index contributed by atoms with van der Waals surface area (Å²) < 4.78 is 5.52. The van der Waals surface area contributed by atoms with Crippen LogP contribution in [0.15, 0.2) is 24.3 Å². The van der Waals surface area contributed by atoms with E-state index >= 15 is 0 Å². The van der Waals surface area contributed by atoms with Gasteiger partial charge in [-0.05, 0) is 49.9 Å². The molecular formula is C16H19ClN2O3. The number of nitrogens with zero attached hydrogens (tertiary/aromatic N) is 1. The van der Waals surface area contributed by atoms with Gasteiger partial charge in [0.25, 0.3) is 5.91 Å². The summed E-state index contributed by atoms with van der Waals surface area (Å²) in [5.41, 5.74) is -0.654. The van der Waals surface area contributed by atoms with Gasteiger partial charge in [-0.3, -0.25) is 9.59 Å². The topological polar surface area (TPSA) is 58.6 Å². The van der Waals surface area contributed by atoms with Crippen LogP contribution < -0.4 is 10.1 Å². The van der Waals surface area contributed by atoms with Crippen LogP contribution in [0, 0.1) is 0 Å². The van der Waals surface area contributed by atoms with E-state index in [0.29, 0.717) is 23.9 Å². The third-order valence-corrected chi connectivity index (χ3v) is 4.69. The fourth-order valence-corrected chi connectivity index (χ4v) is 3.48. The second-order valence-corrected chi connectivity index (χ2v) is 6.22. The zero-order valence-corrected chi connectivity index (χ0v) is 13.1. The molecule has 0 radical (unpaired) electrons. The molecule has 0 aliphatic carbocycles. The molecule has 1 atom stereocenters. The Balaban J connectivity index is 1.66. The Labute approximate surface area is 134 Å². The normalized spacial score (nSPS) is 24.4. The molecule has 2 aliphatic rings. The van der Waals surface area contributed by atoms with E-state index < -0.39 is 5.54 Å². The van der Waals surface area contributed by atoms with Crippen LogP contribution in [-0.2, 0) is 9.59 Å². The molecule has 118 valence electrons. The van der Waals surface area contributed by atoms with Gasteiger partial charge in [0.2, 0.25) is 5.91 Å². The summed E-state index contributed by atoms with van der Waals surface area (Å²) >= 11 is 5.82. The first kappa shape index (κ1) is 15.2. The summed E-state index contributed by atoms with van der Waals surface area (Å²) in [5, 5.41) is 3.51. The molecule has 1 aromatic carbocycles. The molecule has 0 aromatic heterocycles. The van der Waals surface area contributed by atoms with Crippen LogP contribution >= 0.6 is 11.6 Å². The predicted octanol–water partition coefficient (Wildman–Crippen LogP) is 1.99. The predicted molar refractivity (Wildman–Crippen MR) is 82.9 cm³/mol. The molecule has 6 heteroatoms. The number of ether oxygens (including phenoxy) is 1. The lowest BCUT2D eigenvalue weighted by Gasteiger charge is -2.40. The molecule has 1 spiro atoms. The van der Waals surface area contributed by atoms with Crippen molar-refractivity contribution < 1.29 is 14.3 Å². The average Bonchev–Trinajstić information content (AvgIpc) is 2.94. The van der Waals surface area contributed by atoms with Gasteiger partial charge in [0, 0.05) is 18.1 Å². The van der Waals surface area contributed by atoms with Crippen LogP contribution in [0.4, 0.5) is 0 Å². The maximum Gasteiger partial charge on any atom is 0.261 e. The molecule has 1 aromatic rings. The molecule has 2 fully saturated rings. The minimum absolute atomic E-state index is 0.0175. The molecule has 2 saturated heterocycles. The number of hydrogen-bond acceptors (Lipinski definition) is 3. The molecule has 0 saturated carbocycles. The van der Waals surface area contributed by atoms with Crippen molar-refractivity contribution in [3.05, 3.63) is 29.3 Å². The van der Waals surface area contributed by atoms with Crippen LogP contribution in [0.5, 0.6) is 5.75 Å². The number of nitrogens with one attached hydrogen (secondary N) is 1. The summed E-state index contributed by atoms with van der Waals surface area (Å²) in [4.78, 5) is 26.5. The molecule has 2 aliphatic heterocycles. The number of rotatable bonds is 3. The van der Waals surface area contributed by atoms with Crippen LogP contribution in [0.3, 0.4) is 0 Å². The molecule has 5 nitrogen and oxygen atoms in total. The first-order valence-corrected chi connectivity index (χ1v) is 7.97. The molecule has 1 N–H and O–H groups in total. The van der Waals surface area contributed by atoms with Crippen LogP contribution in [0.2, 0.25) is 5.02 Å². The summed E-state index contributed by atoms with van der Waals surface area (Å²) in [7, 11) is 0. The van der Waals surface area contributed by atoms with E-state index in [4.69, 9.17) is 16.3 Å². The van der Waals surface area contributed by atoms with Crippen molar-refractivity contribution >= 4 is 23.4 Å². The van der Waals surface area contributed by atoms with E-state index in [0.717, 1.165) is 25.7 Å². The van der Waals surface area contributed by atoms with Gasteiger partial charge in [-0.2, -0.15) is 0 Å². The Morgan fingerprint density at radius 1 is 1.27 bits per heavy atom. The highest BCUT2D eigenvalue weighted by Crippen LogP contribution is 2.35. The zero-order valence-electron chi connectivity index (χ0n) is 12.3. The lowest BCUT2D eigenvalue weighted by molar-refractivity contribution is -0.148. The van der Waals surface area contributed by atoms with Crippen LogP contribution in [-0.4, -0.2) is 41.9 Å². The van der Waals surface area contributed by atoms with Crippen LogP contribution in [0.1, 0.15) is 25.7 Å². The molecule has 2 amide bonds. The van der Waals surface area contributed by atoms with Crippen molar-refractivity contribution in [2.24, 2.45) is 0 Å². The maximum atomic E-state index is 12.5. The van der Waals surface area contributed by atoms with E-state index in [1.54, 1.807) is 29.2 Å². The lowest BCUT2D eigenvalue weighted by atomic mass is 9.86. The summed E-state index contributed by atoms with van der Waals surface area (Å²) in [5.74, 6) is 0.444. The highest BCUT2D eigenvalue weighted by atomic mass is 35.5. The SMILES string of the molecule is O=C(COc1ccc(Cl)cc1)N1CCCC12CCCNC2=O. The maximum absolute atomic E-state index is 12.5. The Bertz CT molecular complexity index is 575. The first-order chi connectivity index (χ1) is 10.6. The van der Waals surface area contributed by atoms with Gasteiger partial charge in [0.1, 0.15) is 11.3 Å². The van der Waals surface area contributed by atoms with E-state index in [9.17, 15) is 9.59 Å². The van der Waals surface area contributed by atoms with E-state index in [1.807, 2.05) is 0 Å². The van der Waals surface area contributed by atoms with Crippen molar-refractivity contribution in [3.8, 4) is 5.75 Å². The molecule has 0 bridgehead atoms. The molecule has 3 rings (SSSR count). The highest BCUT2D eigenvalue weighted by molar-refractivity contribution is 6.30. The molecular weight excluding hydrogens is 304 g/mol. The van der Waals surface area contributed by atoms with Gasteiger partial charge in [-0.1, -0.05) is 11.6 Å². The number of benzene rings is 1. The van der Waals surface area contributed by atoms with Gasteiger partial charge < -0.3 is 15.0 Å². The highest BCUT2D eigenvalue weighted by Gasteiger charge is 2.50. The second-order valence-electron chi connectivity index (χ2n) is 5.78. The number of halogens is 1. The second kappa shape index (κ2) is 6.16. The minimum atomic E-state index is -0.654. The number of likely N-dealkylation sites (tertiary alicyclic amines) is 1. The number of piperidine rings is 1. The first-order valence-electron chi connectivity index (χ1n) is 7.59. The van der Waals surface area contributed by atoms with Crippen molar-refractivity contribution in [1.29, 1.82) is 0 Å². The quantitative estimate of drug-likeness (QED) is 0.926. The Morgan fingerprint density at radius 2 is 2.00 bits per heavy atom. The van der Waals surface area contributed by atoms with Crippen molar-refractivity contribution in [2.75, 3.05) is 19.7 Å². The number of amides is 2. The summed E-state index contributed by atoms with van der Waals surface area (Å²) in [6, 6.07) is 6.88. The van der Waals surface area contributed by atoms with Crippen molar-refractivity contribution in [2.45, 2.75) is 31.2 Å². The largest absolute Gasteiger partial charge is 0.484 e. The minimum Gasteiger partial charge on any atom is -0.484 e. The van der Waals surface area contributed by atoms with Crippen molar-refractivity contribution in [3.63, 3.8) is 0 Å². The van der Waals surface area contributed by atoms with E-state index in [-0.39, 0.29) is 18.4 Å². The Morgan fingerprint density at radius 3 is 2.73 bits per heavy atom. The number of carbonyl (C=O) groups is 2. The average molecular weight is 323 g/mol. The Hall–Kier alpha value is -1.75. The Kier molecular flexibility index (Phi) is 4.25. The van der Waals surface area contributed by atoms with Crippen LogP contribution in [0.25, 0.3) is 0 Å².